The zero-order valence-corrected chi connectivity index (χ0v) is 10.5. The van der Waals surface area contributed by atoms with E-state index >= 15 is 0 Å². The van der Waals surface area contributed by atoms with Gasteiger partial charge in [0.25, 0.3) is 0 Å². The van der Waals surface area contributed by atoms with Gasteiger partial charge < -0.3 is 5.73 Å². The first-order valence-corrected chi connectivity index (χ1v) is 7.50. The zero-order chi connectivity index (χ0) is 12.3. The molecule has 0 amide bonds. The minimum absolute atomic E-state index is 0.259. The fourth-order valence-electron chi connectivity index (χ4n) is 1.94. The summed E-state index contributed by atoms with van der Waals surface area (Å²) in [7, 11) is -2.83. The van der Waals surface area contributed by atoms with Crippen LogP contribution in [0.1, 0.15) is 12.0 Å². The summed E-state index contributed by atoms with van der Waals surface area (Å²) >= 11 is 0. The Hall–Kier alpha value is -1.14. The number of nitrogen functional groups attached to an aromatic ring is 1. The van der Waals surface area contributed by atoms with E-state index in [2.05, 4.69) is 9.88 Å². The number of hydrogen-bond acceptors (Lipinski definition) is 5. The molecule has 1 aromatic rings. The van der Waals surface area contributed by atoms with Crippen molar-refractivity contribution in [3.05, 3.63) is 23.9 Å². The summed E-state index contributed by atoms with van der Waals surface area (Å²) in [5.41, 5.74) is 6.58. The van der Waals surface area contributed by atoms with Crippen LogP contribution in [0.15, 0.2) is 18.3 Å². The molecule has 2 N–H and O–H groups in total. The fraction of sp³-hybridized carbons (Fsp3) is 0.545. The number of nitrogens with zero attached hydrogens (tertiary/aromatic N) is 2. The minimum atomic E-state index is -2.83. The van der Waals surface area contributed by atoms with Gasteiger partial charge in [0.15, 0.2) is 9.84 Å². The van der Waals surface area contributed by atoms with Crippen LogP contribution in [0, 0.1) is 0 Å². The Morgan fingerprint density at radius 1 is 1.29 bits per heavy atom. The zero-order valence-electron chi connectivity index (χ0n) is 9.67. The highest BCUT2D eigenvalue weighted by Crippen LogP contribution is 2.10. The summed E-state index contributed by atoms with van der Waals surface area (Å²) in [4.78, 5) is 6.18. The summed E-state index contributed by atoms with van der Waals surface area (Å²) in [6.45, 7) is 2.17. The molecule has 1 aliphatic heterocycles. The lowest BCUT2D eigenvalue weighted by atomic mass is 10.2. The fourth-order valence-corrected chi connectivity index (χ4v) is 3.25. The smallest absolute Gasteiger partial charge is 0.151 e. The predicted molar refractivity (Wildman–Crippen MR) is 67.2 cm³/mol. The third kappa shape index (κ3) is 3.67. The van der Waals surface area contributed by atoms with Gasteiger partial charge in [-0.1, -0.05) is 6.07 Å². The molecule has 17 heavy (non-hydrogen) atoms. The number of aromatic nitrogens is 1. The van der Waals surface area contributed by atoms with Crippen molar-refractivity contribution in [1.29, 1.82) is 0 Å². The Labute approximate surface area is 102 Å². The number of anilines is 1. The van der Waals surface area contributed by atoms with Gasteiger partial charge in [-0.2, -0.15) is 0 Å². The Balaban J connectivity index is 1.97. The summed E-state index contributed by atoms with van der Waals surface area (Å²) in [6.07, 6.45) is 2.46. The van der Waals surface area contributed by atoms with Crippen molar-refractivity contribution in [2.45, 2.75) is 13.0 Å². The van der Waals surface area contributed by atoms with Crippen molar-refractivity contribution in [3.8, 4) is 0 Å². The summed E-state index contributed by atoms with van der Waals surface area (Å²) in [6, 6.07) is 3.70. The average Bonchev–Trinajstić information content (AvgIpc) is 2.44. The number of sulfone groups is 1. The Morgan fingerprint density at radius 2 is 2.12 bits per heavy atom. The first-order chi connectivity index (χ1) is 8.05. The Kier molecular flexibility index (Phi) is 3.63. The summed E-state index contributed by atoms with van der Waals surface area (Å²) in [5.74, 6) is 1.08. The van der Waals surface area contributed by atoms with Crippen LogP contribution in [-0.2, 0) is 16.4 Å². The highest BCUT2D eigenvalue weighted by molar-refractivity contribution is 7.91. The lowest BCUT2D eigenvalue weighted by Crippen LogP contribution is -2.26. The number of nitrogens with two attached hydrogens (primary N) is 1. The molecule has 0 spiro atoms. The molecule has 1 saturated heterocycles. The van der Waals surface area contributed by atoms with Crippen LogP contribution in [0.5, 0.6) is 0 Å². The van der Waals surface area contributed by atoms with Gasteiger partial charge in [-0.05, 0) is 24.6 Å². The molecular weight excluding hydrogens is 238 g/mol. The van der Waals surface area contributed by atoms with Crippen LogP contribution in [0.4, 0.5) is 5.82 Å². The van der Waals surface area contributed by atoms with Gasteiger partial charge in [-0.3, -0.25) is 4.90 Å². The van der Waals surface area contributed by atoms with Gasteiger partial charge in [0.05, 0.1) is 11.5 Å². The van der Waals surface area contributed by atoms with Crippen LogP contribution in [-0.4, -0.2) is 42.9 Å². The largest absolute Gasteiger partial charge is 0.384 e. The van der Waals surface area contributed by atoms with Crippen LogP contribution in [0.3, 0.4) is 0 Å². The predicted octanol–water partition coefficient (Wildman–Crippen LogP) is 0.284. The highest BCUT2D eigenvalue weighted by atomic mass is 32.2. The van der Waals surface area contributed by atoms with Crippen LogP contribution < -0.4 is 5.73 Å². The van der Waals surface area contributed by atoms with E-state index in [0.29, 0.717) is 24.5 Å². The van der Waals surface area contributed by atoms with Crippen LogP contribution >= 0.6 is 0 Å². The SMILES string of the molecule is Nc1ccc(CN2CCCS(=O)(=O)CC2)cn1. The van der Waals surface area contributed by atoms with Crippen molar-refractivity contribution >= 4 is 15.7 Å². The van der Waals surface area contributed by atoms with Crippen molar-refractivity contribution < 1.29 is 8.42 Å². The van der Waals surface area contributed by atoms with Gasteiger partial charge in [0.2, 0.25) is 0 Å². The number of hydrogen-bond donors (Lipinski definition) is 1. The average molecular weight is 255 g/mol. The maximum Gasteiger partial charge on any atom is 0.151 e. The standard InChI is InChI=1S/C11H17N3O2S/c12-11-3-2-10(8-13-11)9-14-4-1-6-17(15,16)7-5-14/h2-3,8H,1,4-7,9H2,(H2,12,13). The maximum atomic E-state index is 11.5. The van der Waals surface area contributed by atoms with E-state index < -0.39 is 9.84 Å². The molecule has 1 aromatic heterocycles. The second-order valence-electron chi connectivity index (χ2n) is 4.37. The highest BCUT2D eigenvalue weighted by Gasteiger charge is 2.18. The van der Waals surface area contributed by atoms with Gasteiger partial charge in [0, 0.05) is 19.3 Å². The third-order valence-corrected chi connectivity index (χ3v) is 4.62. The molecule has 0 radical (unpaired) electrons. The molecular formula is C11H17N3O2S. The van der Waals surface area contributed by atoms with E-state index in [0.717, 1.165) is 18.7 Å². The molecule has 2 heterocycles. The van der Waals surface area contributed by atoms with Crippen molar-refractivity contribution in [3.63, 3.8) is 0 Å². The molecule has 0 unspecified atom stereocenters. The second-order valence-corrected chi connectivity index (χ2v) is 6.68. The van der Waals surface area contributed by atoms with Crippen molar-refractivity contribution in [2.24, 2.45) is 0 Å². The van der Waals surface area contributed by atoms with Gasteiger partial charge in [0.1, 0.15) is 5.82 Å². The first kappa shape index (κ1) is 12.3. The lowest BCUT2D eigenvalue weighted by Gasteiger charge is -2.18. The summed E-state index contributed by atoms with van der Waals surface area (Å²) in [5, 5.41) is 0. The Bertz CT molecular complexity index is 470. The van der Waals surface area contributed by atoms with Crippen LogP contribution in [0.25, 0.3) is 0 Å². The molecule has 5 nitrogen and oxygen atoms in total. The number of pyridine rings is 1. The summed E-state index contributed by atoms with van der Waals surface area (Å²) < 4.78 is 22.9. The van der Waals surface area contributed by atoms with Gasteiger partial charge in [-0.15, -0.1) is 0 Å². The van der Waals surface area contributed by atoms with Crippen LogP contribution in [0.2, 0.25) is 0 Å². The molecule has 0 atom stereocenters. The van der Waals surface area contributed by atoms with Crippen molar-refractivity contribution in [2.75, 3.05) is 30.3 Å². The molecule has 1 fully saturated rings. The molecule has 0 aliphatic carbocycles. The van der Waals surface area contributed by atoms with E-state index in [-0.39, 0.29) is 5.75 Å². The van der Waals surface area contributed by atoms with Crippen molar-refractivity contribution in [1.82, 2.24) is 9.88 Å². The molecule has 0 aromatic carbocycles. The maximum absolute atomic E-state index is 11.5. The van der Waals surface area contributed by atoms with E-state index in [1.807, 2.05) is 6.07 Å². The van der Waals surface area contributed by atoms with E-state index in [1.165, 1.54) is 0 Å². The quantitative estimate of drug-likeness (QED) is 0.821. The lowest BCUT2D eigenvalue weighted by molar-refractivity contribution is 0.287. The molecule has 94 valence electrons. The monoisotopic (exact) mass is 255 g/mol. The first-order valence-electron chi connectivity index (χ1n) is 5.68. The molecule has 2 rings (SSSR count). The topological polar surface area (TPSA) is 76.3 Å². The molecule has 6 heteroatoms. The normalized spacial score (nSPS) is 20.9. The second kappa shape index (κ2) is 5.01. The third-order valence-electron chi connectivity index (χ3n) is 2.90. The minimum Gasteiger partial charge on any atom is -0.384 e. The molecule has 0 saturated carbocycles. The molecule has 0 bridgehead atoms. The van der Waals surface area contributed by atoms with Gasteiger partial charge >= 0.3 is 0 Å². The van der Waals surface area contributed by atoms with E-state index in [1.54, 1.807) is 12.3 Å². The van der Waals surface area contributed by atoms with E-state index in [9.17, 15) is 8.42 Å². The van der Waals surface area contributed by atoms with Gasteiger partial charge in [-0.25, -0.2) is 13.4 Å². The number of rotatable bonds is 2. The Morgan fingerprint density at radius 3 is 2.82 bits per heavy atom. The molecule has 1 aliphatic rings. The van der Waals surface area contributed by atoms with E-state index in [4.69, 9.17) is 5.73 Å².